The standard InChI is InChI=1S/C34H54O4/c1-21(2)24-12-17-34(20-37-22(3)35)19-18-32(8)25(29(24)34)10-11-27-31(7)15-14-28(38-23(4)36)30(5,6)26(31)13-16-33(27,32)9/h24-29H,1,10-20H2,2-9H3/t24-,25+,26+,27-,28+,29+,31-,32-,33+,34+/m1/s1. The van der Waals surface area contributed by atoms with Crippen LogP contribution in [0, 0.1) is 56.7 Å². The van der Waals surface area contributed by atoms with E-state index in [1.54, 1.807) is 13.8 Å². The van der Waals surface area contributed by atoms with Crippen LogP contribution in [-0.4, -0.2) is 24.6 Å². The molecule has 0 unspecified atom stereocenters. The van der Waals surface area contributed by atoms with Crippen molar-refractivity contribution in [2.45, 2.75) is 126 Å². The molecule has 38 heavy (non-hydrogen) atoms. The van der Waals surface area contributed by atoms with Gasteiger partial charge in [-0.25, -0.2) is 0 Å². The third-order valence-corrected chi connectivity index (χ3v) is 14.0. The highest BCUT2D eigenvalue weighted by molar-refractivity contribution is 5.66. The number of allylic oxidation sites excluding steroid dienone is 1. The van der Waals surface area contributed by atoms with Crippen LogP contribution in [0.2, 0.25) is 0 Å². The minimum absolute atomic E-state index is 0.00000109. The zero-order valence-electron chi connectivity index (χ0n) is 25.6. The quantitative estimate of drug-likeness (QED) is 0.274. The van der Waals surface area contributed by atoms with E-state index >= 15 is 0 Å². The minimum Gasteiger partial charge on any atom is -0.465 e. The Morgan fingerprint density at radius 3 is 2.11 bits per heavy atom. The molecule has 0 saturated heterocycles. The van der Waals surface area contributed by atoms with Crippen molar-refractivity contribution < 1.29 is 19.1 Å². The molecule has 0 amide bonds. The van der Waals surface area contributed by atoms with Gasteiger partial charge in [-0.1, -0.05) is 46.8 Å². The lowest BCUT2D eigenvalue weighted by Gasteiger charge is -2.73. The first-order valence-electron chi connectivity index (χ1n) is 15.6. The van der Waals surface area contributed by atoms with Gasteiger partial charge in [-0.3, -0.25) is 9.59 Å². The minimum atomic E-state index is -0.140. The van der Waals surface area contributed by atoms with Gasteiger partial charge in [-0.2, -0.15) is 0 Å². The molecule has 0 aromatic heterocycles. The molecule has 4 heteroatoms. The highest BCUT2D eigenvalue weighted by atomic mass is 16.5. The van der Waals surface area contributed by atoms with E-state index in [9.17, 15) is 9.59 Å². The summed E-state index contributed by atoms with van der Waals surface area (Å²) in [6, 6.07) is 0. The molecular weight excluding hydrogens is 472 g/mol. The number of esters is 2. The summed E-state index contributed by atoms with van der Waals surface area (Å²) in [7, 11) is 0. The number of ether oxygens (including phenoxy) is 2. The molecule has 0 radical (unpaired) electrons. The third kappa shape index (κ3) is 3.80. The molecule has 0 aliphatic heterocycles. The predicted molar refractivity (Wildman–Crippen MR) is 151 cm³/mol. The van der Waals surface area contributed by atoms with E-state index in [4.69, 9.17) is 9.47 Å². The summed E-state index contributed by atoms with van der Waals surface area (Å²) in [6.07, 6.45) is 12.0. The number of fused-ring (bicyclic) bond motifs is 7. The number of carbonyl (C=O) groups is 2. The molecule has 0 bridgehead atoms. The lowest BCUT2D eigenvalue weighted by atomic mass is 9.32. The van der Waals surface area contributed by atoms with Crippen LogP contribution in [0.25, 0.3) is 0 Å². The molecule has 5 aliphatic carbocycles. The van der Waals surface area contributed by atoms with Crippen LogP contribution in [0.4, 0.5) is 0 Å². The van der Waals surface area contributed by atoms with Crippen molar-refractivity contribution in [1.29, 1.82) is 0 Å². The summed E-state index contributed by atoms with van der Waals surface area (Å²) < 4.78 is 11.7. The van der Waals surface area contributed by atoms with Crippen LogP contribution < -0.4 is 0 Å². The first-order chi connectivity index (χ1) is 17.6. The fraction of sp³-hybridized carbons (Fsp3) is 0.882. The highest BCUT2D eigenvalue weighted by Crippen LogP contribution is 2.77. The summed E-state index contributed by atoms with van der Waals surface area (Å²) in [4.78, 5) is 23.8. The van der Waals surface area contributed by atoms with Crippen LogP contribution >= 0.6 is 0 Å². The molecule has 5 rings (SSSR count). The predicted octanol–water partition coefficient (Wildman–Crippen LogP) is 8.14. The van der Waals surface area contributed by atoms with Gasteiger partial charge in [0.05, 0.1) is 6.61 Å². The summed E-state index contributed by atoms with van der Waals surface area (Å²) in [5.41, 5.74) is 2.30. The topological polar surface area (TPSA) is 52.6 Å². The van der Waals surface area contributed by atoms with Crippen LogP contribution in [0.1, 0.15) is 120 Å². The Hall–Kier alpha value is -1.32. The largest absolute Gasteiger partial charge is 0.465 e. The second-order valence-corrected chi connectivity index (χ2v) is 15.8. The van der Waals surface area contributed by atoms with Gasteiger partial charge in [-0.05, 0) is 117 Å². The summed E-state index contributed by atoms with van der Waals surface area (Å²) in [5, 5.41) is 0. The van der Waals surface area contributed by atoms with Crippen LogP contribution in [0.15, 0.2) is 12.2 Å². The van der Waals surface area contributed by atoms with Crippen LogP contribution in [0.3, 0.4) is 0 Å². The van der Waals surface area contributed by atoms with Crippen molar-refractivity contribution in [2.24, 2.45) is 56.7 Å². The van der Waals surface area contributed by atoms with Gasteiger partial charge in [0.25, 0.3) is 0 Å². The van der Waals surface area contributed by atoms with Crippen molar-refractivity contribution in [2.75, 3.05) is 6.61 Å². The van der Waals surface area contributed by atoms with Gasteiger partial charge < -0.3 is 9.47 Å². The molecule has 0 aromatic rings. The van der Waals surface area contributed by atoms with E-state index in [1.165, 1.54) is 56.9 Å². The number of carbonyl (C=O) groups excluding carboxylic acids is 2. The van der Waals surface area contributed by atoms with Crippen molar-refractivity contribution >= 4 is 11.9 Å². The monoisotopic (exact) mass is 526 g/mol. The molecular formula is C34H54O4. The number of rotatable bonds is 4. The number of hydrogen-bond acceptors (Lipinski definition) is 4. The average molecular weight is 527 g/mol. The molecule has 0 heterocycles. The van der Waals surface area contributed by atoms with E-state index in [2.05, 4.69) is 48.1 Å². The fourth-order valence-corrected chi connectivity index (χ4v) is 12.2. The van der Waals surface area contributed by atoms with Gasteiger partial charge in [0.15, 0.2) is 0 Å². The molecule has 214 valence electrons. The van der Waals surface area contributed by atoms with Gasteiger partial charge >= 0.3 is 11.9 Å². The first kappa shape index (κ1) is 28.2. The SMILES string of the molecule is C=C(C)[C@H]1CC[C@@]2(COC(C)=O)CC[C@]3(C)[C@@H](CC[C@@H]4[C@]5(C)CC[C@H](OC(C)=O)C(C)(C)[C@@H]5CC[C@@]43C)[C@H]12. The molecule has 0 N–H and O–H groups in total. The van der Waals surface area contributed by atoms with Gasteiger partial charge in [-0.15, -0.1) is 0 Å². The van der Waals surface area contributed by atoms with E-state index in [1.807, 2.05) is 0 Å². The third-order valence-electron chi connectivity index (χ3n) is 14.0. The molecule has 0 aromatic carbocycles. The first-order valence-corrected chi connectivity index (χ1v) is 15.6. The van der Waals surface area contributed by atoms with Gasteiger partial charge in [0, 0.05) is 24.7 Å². The van der Waals surface area contributed by atoms with E-state index < -0.39 is 0 Å². The number of hydrogen-bond donors (Lipinski definition) is 0. The zero-order chi connectivity index (χ0) is 27.9. The second kappa shape index (κ2) is 9.10. The average Bonchev–Trinajstić information content (AvgIpc) is 3.20. The lowest BCUT2D eigenvalue weighted by Crippen LogP contribution is -2.67. The highest BCUT2D eigenvalue weighted by Gasteiger charge is 2.71. The van der Waals surface area contributed by atoms with Crippen molar-refractivity contribution in [3.05, 3.63) is 12.2 Å². The van der Waals surface area contributed by atoms with Gasteiger partial charge in [0.1, 0.15) is 6.10 Å². The normalized spacial score (nSPS) is 49.1. The maximum atomic E-state index is 11.9. The zero-order valence-corrected chi connectivity index (χ0v) is 25.6. The molecule has 10 atom stereocenters. The molecule has 5 fully saturated rings. The maximum Gasteiger partial charge on any atom is 0.302 e. The summed E-state index contributed by atoms with van der Waals surface area (Å²) >= 11 is 0. The van der Waals surface area contributed by atoms with E-state index in [0.717, 1.165) is 12.8 Å². The smallest absolute Gasteiger partial charge is 0.302 e. The van der Waals surface area contributed by atoms with Crippen LogP contribution in [-0.2, 0) is 19.1 Å². The Morgan fingerprint density at radius 1 is 0.763 bits per heavy atom. The molecule has 4 nitrogen and oxygen atoms in total. The Bertz CT molecular complexity index is 998. The van der Waals surface area contributed by atoms with Crippen molar-refractivity contribution in [1.82, 2.24) is 0 Å². The molecule has 0 spiro atoms. The Morgan fingerprint density at radius 2 is 1.47 bits per heavy atom. The Balaban J connectivity index is 1.49. The summed E-state index contributed by atoms with van der Waals surface area (Å²) in [5.74, 6) is 2.76. The fourth-order valence-electron chi connectivity index (χ4n) is 12.2. The lowest BCUT2D eigenvalue weighted by molar-refractivity contribution is -0.252. The van der Waals surface area contributed by atoms with Crippen molar-refractivity contribution in [3.63, 3.8) is 0 Å². The van der Waals surface area contributed by atoms with Crippen molar-refractivity contribution in [3.8, 4) is 0 Å². The molecule has 5 saturated carbocycles. The maximum absolute atomic E-state index is 11.9. The Kier molecular flexibility index (Phi) is 6.76. The second-order valence-electron chi connectivity index (χ2n) is 15.8. The summed E-state index contributed by atoms with van der Waals surface area (Å²) in [6.45, 7) is 23.1. The van der Waals surface area contributed by atoms with Crippen LogP contribution in [0.5, 0.6) is 0 Å². The van der Waals surface area contributed by atoms with E-state index in [-0.39, 0.29) is 39.7 Å². The van der Waals surface area contributed by atoms with Gasteiger partial charge in [0.2, 0.25) is 0 Å². The molecule has 5 aliphatic rings. The Labute approximate surface area is 232 Å². The van der Waals surface area contributed by atoms with E-state index in [0.29, 0.717) is 41.6 Å².